The number of halogens is 1. The maximum Gasteiger partial charge on any atom is 0.339 e. The standard InChI is InChI=1S/C21H24ClNO4/c1-5-18(27-19-11-13(3)7-8-14(19)4)20(24)23-15-9-10-16(17(22)12-15)21(25)26-6-2/h7-12,18H,5-6H2,1-4H3,(H,23,24). The SMILES string of the molecule is CCOC(=O)c1ccc(NC(=O)C(CC)Oc2cc(C)ccc2C)cc1Cl. The molecular weight excluding hydrogens is 366 g/mol. The molecule has 6 heteroatoms. The van der Waals surface area contributed by atoms with E-state index in [4.69, 9.17) is 21.1 Å². The summed E-state index contributed by atoms with van der Waals surface area (Å²) in [6.07, 6.45) is -0.137. The van der Waals surface area contributed by atoms with E-state index in [9.17, 15) is 9.59 Å². The summed E-state index contributed by atoms with van der Waals surface area (Å²) in [5.74, 6) is -0.0869. The van der Waals surface area contributed by atoms with Crippen molar-refractivity contribution in [3.05, 3.63) is 58.1 Å². The van der Waals surface area contributed by atoms with Crippen LogP contribution in [0.3, 0.4) is 0 Å². The van der Waals surface area contributed by atoms with Crippen molar-refractivity contribution >= 4 is 29.2 Å². The number of hydrogen-bond donors (Lipinski definition) is 1. The van der Waals surface area contributed by atoms with E-state index in [1.54, 1.807) is 13.0 Å². The third-order valence-corrected chi connectivity index (χ3v) is 4.32. The van der Waals surface area contributed by atoms with Crippen LogP contribution in [0.4, 0.5) is 5.69 Å². The predicted octanol–water partition coefficient (Wildman–Crippen LogP) is 4.93. The molecule has 1 N–H and O–H groups in total. The lowest BCUT2D eigenvalue weighted by molar-refractivity contribution is -0.122. The van der Waals surface area contributed by atoms with Crippen LogP contribution in [0, 0.1) is 13.8 Å². The Morgan fingerprint density at radius 3 is 2.48 bits per heavy atom. The molecule has 0 bridgehead atoms. The minimum atomic E-state index is -0.644. The van der Waals surface area contributed by atoms with Crippen LogP contribution in [-0.2, 0) is 9.53 Å². The summed E-state index contributed by atoms with van der Waals surface area (Å²) in [5, 5.41) is 3.00. The number of esters is 1. The molecule has 2 rings (SSSR count). The van der Waals surface area contributed by atoms with Crippen molar-refractivity contribution in [3.63, 3.8) is 0 Å². The summed E-state index contributed by atoms with van der Waals surface area (Å²) in [6, 6.07) is 10.5. The number of amides is 1. The number of carbonyl (C=O) groups excluding carboxylic acids is 2. The van der Waals surface area contributed by atoms with Crippen LogP contribution in [0.25, 0.3) is 0 Å². The molecule has 1 unspecified atom stereocenters. The summed E-state index contributed by atoms with van der Waals surface area (Å²) in [7, 11) is 0. The molecule has 0 saturated carbocycles. The minimum absolute atomic E-state index is 0.217. The summed E-state index contributed by atoms with van der Waals surface area (Å²) < 4.78 is 10.9. The third-order valence-electron chi connectivity index (χ3n) is 4.01. The Bertz CT molecular complexity index is 835. The number of nitrogens with one attached hydrogen (secondary N) is 1. The van der Waals surface area contributed by atoms with Crippen molar-refractivity contribution in [2.24, 2.45) is 0 Å². The lowest BCUT2D eigenvalue weighted by Gasteiger charge is -2.19. The van der Waals surface area contributed by atoms with E-state index in [-0.39, 0.29) is 23.1 Å². The second kappa shape index (κ2) is 9.42. The number of benzene rings is 2. The van der Waals surface area contributed by atoms with Crippen LogP contribution in [0.1, 0.15) is 41.8 Å². The quantitative estimate of drug-likeness (QED) is 0.682. The Kier molecular flexibility index (Phi) is 7.25. The van der Waals surface area contributed by atoms with Gasteiger partial charge in [-0.1, -0.05) is 30.7 Å². The van der Waals surface area contributed by atoms with Gasteiger partial charge in [0.15, 0.2) is 6.10 Å². The molecule has 0 aliphatic heterocycles. The van der Waals surface area contributed by atoms with E-state index < -0.39 is 12.1 Å². The molecule has 1 atom stereocenters. The van der Waals surface area contributed by atoms with E-state index in [0.29, 0.717) is 17.9 Å². The molecule has 27 heavy (non-hydrogen) atoms. The van der Waals surface area contributed by atoms with Gasteiger partial charge in [0.25, 0.3) is 5.91 Å². The van der Waals surface area contributed by atoms with Crippen LogP contribution in [0.15, 0.2) is 36.4 Å². The topological polar surface area (TPSA) is 64.6 Å². The molecule has 1 amide bonds. The van der Waals surface area contributed by atoms with Crippen LogP contribution in [0.5, 0.6) is 5.75 Å². The molecule has 2 aromatic rings. The van der Waals surface area contributed by atoms with E-state index in [1.807, 2.05) is 39.0 Å². The summed E-state index contributed by atoms with van der Waals surface area (Å²) >= 11 is 6.14. The largest absolute Gasteiger partial charge is 0.480 e. The first-order chi connectivity index (χ1) is 12.8. The number of hydrogen-bond acceptors (Lipinski definition) is 4. The highest BCUT2D eigenvalue weighted by Gasteiger charge is 2.20. The average Bonchev–Trinajstić information content (AvgIpc) is 2.62. The molecule has 0 aliphatic carbocycles. The van der Waals surface area contributed by atoms with E-state index in [1.165, 1.54) is 12.1 Å². The molecule has 0 heterocycles. The zero-order valence-electron chi connectivity index (χ0n) is 16.0. The predicted molar refractivity (Wildman–Crippen MR) is 107 cm³/mol. The first-order valence-corrected chi connectivity index (χ1v) is 9.25. The molecule has 0 saturated heterocycles. The van der Waals surface area contributed by atoms with Gasteiger partial charge in [-0.3, -0.25) is 4.79 Å². The van der Waals surface area contributed by atoms with Gasteiger partial charge in [0.05, 0.1) is 17.2 Å². The minimum Gasteiger partial charge on any atom is -0.480 e. The van der Waals surface area contributed by atoms with Crippen molar-refractivity contribution in [2.45, 2.75) is 40.2 Å². The molecule has 0 fully saturated rings. The Hall–Kier alpha value is -2.53. The van der Waals surface area contributed by atoms with Gasteiger partial charge in [0.2, 0.25) is 0 Å². The van der Waals surface area contributed by atoms with Gasteiger partial charge < -0.3 is 14.8 Å². The summed E-state index contributed by atoms with van der Waals surface area (Å²) in [5.41, 5.74) is 2.78. The monoisotopic (exact) mass is 389 g/mol. The molecule has 0 spiro atoms. The lowest BCUT2D eigenvalue weighted by atomic mass is 10.1. The number of ether oxygens (including phenoxy) is 2. The highest BCUT2D eigenvalue weighted by atomic mass is 35.5. The number of aryl methyl sites for hydroxylation is 2. The third kappa shape index (κ3) is 5.47. The number of anilines is 1. The van der Waals surface area contributed by atoms with E-state index >= 15 is 0 Å². The molecule has 0 radical (unpaired) electrons. The summed E-state index contributed by atoms with van der Waals surface area (Å²) in [4.78, 5) is 24.4. The van der Waals surface area contributed by atoms with Gasteiger partial charge in [-0.2, -0.15) is 0 Å². The fourth-order valence-corrected chi connectivity index (χ4v) is 2.76. The fraction of sp³-hybridized carbons (Fsp3) is 0.333. The van der Waals surface area contributed by atoms with Crippen LogP contribution in [0.2, 0.25) is 5.02 Å². The molecule has 0 aliphatic rings. The zero-order valence-corrected chi connectivity index (χ0v) is 16.7. The fourth-order valence-electron chi connectivity index (χ4n) is 2.50. The molecular formula is C21H24ClNO4. The molecule has 144 valence electrons. The highest BCUT2D eigenvalue weighted by Crippen LogP contribution is 2.24. The Labute approximate surface area is 164 Å². The molecule has 0 aromatic heterocycles. The molecule has 5 nitrogen and oxygen atoms in total. The van der Waals surface area contributed by atoms with Crippen LogP contribution in [-0.4, -0.2) is 24.6 Å². The highest BCUT2D eigenvalue weighted by molar-refractivity contribution is 6.34. The lowest BCUT2D eigenvalue weighted by Crippen LogP contribution is -2.32. The first-order valence-electron chi connectivity index (χ1n) is 8.87. The average molecular weight is 390 g/mol. The van der Waals surface area contributed by atoms with Gasteiger partial charge in [0.1, 0.15) is 5.75 Å². The number of carbonyl (C=O) groups is 2. The van der Waals surface area contributed by atoms with Gasteiger partial charge >= 0.3 is 5.97 Å². The first kappa shape index (κ1) is 20.8. The van der Waals surface area contributed by atoms with E-state index in [0.717, 1.165) is 11.1 Å². The van der Waals surface area contributed by atoms with Crippen molar-refractivity contribution in [2.75, 3.05) is 11.9 Å². The number of rotatable bonds is 7. The van der Waals surface area contributed by atoms with Crippen molar-refractivity contribution < 1.29 is 19.1 Å². The van der Waals surface area contributed by atoms with Gasteiger partial charge in [-0.25, -0.2) is 4.79 Å². The Morgan fingerprint density at radius 2 is 1.85 bits per heavy atom. The summed E-state index contributed by atoms with van der Waals surface area (Å²) in [6.45, 7) is 7.78. The van der Waals surface area contributed by atoms with Crippen molar-refractivity contribution in [1.29, 1.82) is 0 Å². The Morgan fingerprint density at radius 1 is 1.11 bits per heavy atom. The van der Waals surface area contributed by atoms with Crippen molar-refractivity contribution in [1.82, 2.24) is 0 Å². The van der Waals surface area contributed by atoms with Crippen LogP contribution < -0.4 is 10.1 Å². The maximum atomic E-state index is 12.6. The van der Waals surface area contributed by atoms with Gasteiger partial charge in [-0.05, 0) is 62.6 Å². The van der Waals surface area contributed by atoms with Crippen molar-refractivity contribution in [3.8, 4) is 5.75 Å². The zero-order chi connectivity index (χ0) is 20.0. The van der Waals surface area contributed by atoms with Gasteiger partial charge in [0, 0.05) is 5.69 Å². The van der Waals surface area contributed by atoms with E-state index in [2.05, 4.69) is 5.32 Å². The second-order valence-electron chi connectivity index (χ2n) is 6.19. The molecule has 2 aromatic carbocycles. The normalized spacial score (nSPS) is 11.6. The Balaban J connectivity index is 2.11. The smallest absolute Gasteiger partial charge is 0.339 e. The van der Waals surface area contributed by atoms with Gasteiger partial charge in [-0.15, -0.1) is 0 Å². The second-order valence-corrected chi connectivity index (χ2v) is 6.60. The maximum absolute atomic E-state index is 12.6. The van der Waals surface area contributed by atoms with Crippen LogP contribution >= 0.6 is 11.6 Å².